The van der Waals surface area contributed by atoms with Crippen molar-refractivity contribution in [3.05, 3.63) is 28.8 Å². The third kappa shape index (κ3) is 1.93. The highest BCUT2D eigenvalue weighted by atomic mass is 32.2. The molecule has 0 fully saturated rings. The van der Waals surface area contributed by atoms with Gasteiger partial charge >= 0.3 is 5.97 Å². The summed E-state index contributed by atoms with van der Waals surface area (Å²) in [6.45, 7) is 4.00. The molecule has 14 heavy (non-hydrogen) atoms. The molecule has 1 N–H and O–H groups in total. The van der Waals surface area contributed by atoms with Crippen molar-refractivity contribution in [3.8, 4) is 0 Å². The van der Waals surface area contributed by atoms with Crippen LogP contribution in [-0.4, -0.2) is 17.3 Å². The SMILES string of the molecule is CCc1c(C(=O)O)ccc(C)c1SC. The number of rotatable bonds is 3. The van der Waals surface area contributed by atoms with E-state index in [-0.39, 0.29) is 0 Å². The van der Waals surface area contributed by atoms with Crippen LogP contribution < -0.4 is 0 Å². The summed E-state index contributed by atoms with van der Waals surface area (Å²) in [5, 5.41) is 9.00. The van der Waals surface area contributed by atoms with Crippen LogP contribution in [0.25, 0.3) is 0 Å². The van der Waals surface area contributed by atoms with E-state index in [1.165, 1.54) is 0 Å². The second kappa shape index (κ2) is 4.51. The van der Waals surface area contributed by atoms with Gasteiger partial charge in [-0.3, -0.25) is 0 Å². The first-order chi connectivity index (χ1) is 6.61. The molecule has 0 aliphatic rings. The number of hydrogen-bond acceptors (Lipinski definition) is 2. The van der Waals surface area contributed by atoms with Gasteiger partial charge in [0.25, 0.3) is 0 Å². The monoisotopic (exact) mass is 210 g/mol. The fourth-order valence-electron chi connectivity index (χ4n) is 1.58. The second-order valence-corrected chi connectivity index (χ2v) is 3.92. The second-order valence-electron chi connectivity index (χ2n) is 3.10. The highest BCUT2D eigenvalue weighted by Crippen LogP contribution is 2.27. The van der Waals surface area contributed by atoms with E-state index >= 15 is 0 Å². The van der Waals surface area contributed by atoms with Gasteiger partial charge in [-0.15, -0.1) is 11.8 Å². The lowest BCUT2D eigenvalue weighted by Crippen LogP contribution is -2.04. The molecule has 0 aliphatic carbocycles. The highest BCUT2D eigenvalue weighted by molar-refractivity contribution is 7.98. The van der Waals surface area contributed by atoms with Crippen LogP contribution >= 0.6 is 11.8 Å². The smallest absolute Gasteiger partial charge is 0.336 e. The van der Waals surface area contributed by atoms with Crippen LogP contribution in [0.3, 0.4) is 0 Å². The van der Waals surface area contributed by atoms with Crippen molar-refractivity contribution in [1.82, 2.24) is 0 Å². The molecule has 2 nitrogen and oxygen atoms in total. The minimum Gasteiger partial charge on any atom is -0.478 e. The van der Waals surface area contributed by atoms with E-state index in [0.29, 0.717) is 5.56 Å². The fourth-order valence-corrected chi connectivity index (χ4v) is 2.47. The Bertz CT molecular complexity index is 359. The first kappa shape index (κ1) is 11.1. The lowest BCUT2D eigenvalue weighted by Gasteiger charge is -2.11. The Morgan fingerprint density at radius 3 is 2.57 bits per heavy atom. The van der Waals surface area contributed by atoms with E-state index in [4.69, 9.17) is 5.11 Å². The van der Waals surface area contributed by atoms with E-state index in [2.05, 4.69) is 0 Å². The largest absolute Gasteiger partial charge is 0.478 e. The van der Waals surface area contributed by atoms with Crippen molar-refractivity contribution in [2.45, 2.75) is 25.2 Å². The van der Waals surface area contributed by atoms with Crippen molar-refractivity contribution in [3.63, 3.8) is 0 Å². The van der Waals surface area contributed by atoms with Gasteiger partial charge in [0.1, 0.15) is 0 Å². The van der Waals surface area contributed by atoms with Crippen molar-refractivity contribution in [2.24, 2.45) is 0 Å². The van der Waals surface area contributed by atoms with Gasteiger partial charge in [-0.05, 0) is 36.8 Å². The molecule has 76 valence electrons. The molecule has 0 radical (unpaired) electrons. The maximum absolute atomic E-state index is 11.0. The highest BCUT2D eigenvalue weighted by Gasteiger charge is 2.13. The Labute approximate surface area is 88.3 Å². The predicted molar refractivity (Wildman–Crippen MR) is 59.3 cm³/mol. The molecular weight excluding hydrogens is 196 g/mol. The number of carboxylic acids is 1. The van der Waals surface area contributed by atoms with Crippen molar-refractivity contribution in [1.29, 1.82) is 0 Å². The lowest BCUT2D eigenvalue weighted by molar-refractivity contribution is 0.0695. The molecule has 1 aromatic rings. The molecule has 0 heterocycles. The predicted octanol–water partition coefficient (Wildman–Crippen LogP) is 2.98. The summed E-state index contributed by atoms with van der Waals surface area (Å²) in [6, 6.07) is 3.56. The number of carbonyl (C=O) groups is 1. The Hall–Kier alpha value is -0.960. The van der Waals surface area contributed by atoms with E-state index < -0.39 is 5.97 Å². The van der Waals surface area contributed by atoms with Gasteiger partial charge in [-0.2, -0.15) is 0 Å². The molecule has 0 aromatic heterocycles. The summed E-state index contributed by atoms with van der Waals surface area (Å²) in [5.41, 5.74) is 2.53. The minimum absolute atomic E-state index is 0.433. The van der Waals surface area contributed by atoms with E-state index in [9.17, 15) is 4.79 Å². The molecule has 1 rings (SSSR count). The Kier molecular flexibility index (Phi) is 3.58. The van der Waals surface area contributed by atoms with Crippen molar-refractivity contribution >= 4 is 17.7 Å². The molecule has 0 bridgehead atoms. The van der Waals surface area contributed by atoms with Gasteiger partial charge in [0.15, 0.2) is 0 Å². The van der Waals surface area contributed by atoms with Crippen LogP contribution in [0.4, 0.5) is 0 Å². The zero-order chi connectivity index (χ0) is 10.7. The van der Waals surface area contributed by atoms with Crippen molar-refractivity contribution in [2.75, 3.05) is 6.26 Å². The molecule has 0 aliphatic heterocycles. The van der Waals surface area contributed by atoms with E-state index in [1.807, 2.05) is 26.2 Å². The Balaban J connectivity index is 3.40. The Morgan fingerprint density at radius 1 is 1.50 bits per heavy atom. The fraction of sp³-hybridized carbons (Fsp3) is 0.364. The molecule has 0 amide bonds. The van der Waals surface area contributed by atoms with Gasteiger partial charge in [0, 0.05) is 4.90 Å². The minimum atomic E-state index is -0.836. The summed E-state index contributed by atoms with van der Waals surface area (Å²) in [4.78, 5) is 12.1. The van der Waals surface area contributed by atoms with E-state index in [1.54, 1.807) is 17.8 Å². The molecular formula is C11H14O2S. The normalized spacial score (nSPS) is 10.2. The van der Waals surface area contributed by atoms with Crippen LogP contribution in [0.2, 0.25) is 0 Å². The van der Waals surface area contributed by atoms with Crippen LogP contribution in [0, 0.1) is 6.92 Å². The molecule has 0 saturated heterocycles. The average molecular weight is 210 g/mol. The summed E-state index contributed by atoms with van der Waals surface area (Å²) in [6.07, 6.45) is 2.74. The lowest BCUT2D eigenvalue weighted by atomic mass is 10.0. The molecule has 3 heteroatoms. The topological polar surface area (TPSA) is 37.3 Å². The standard InChI is InChI=1S/C11H14O2S/c1-4-8-9(11(12)13)6-5-7(2)10(8)14-3/h5-6H,4H2,1-3H3,(H,12,13). The molecule has 0 saturated carbocycles. The maximum Gasteiger partial charge on any atom is 0.336 e. The van der Waals surface area contributed by atoms with Crippen LogP contribution in [0.5, 0.6) is 0 Å². The van der Waals surface area contributed by atoms with Crippen molar-refractivity contribution < 1.29 is 9.90 Å². The van der Waals surface area contributed by atoms with Gasteiger partial charge in [0.05, 0.1) is 5.56 Å². The van der Waals surface area contributed by atoms with Crippen LogP contribution in [0.1, 0.15) is 28.4 Å². The molecule has 0 spiro atoms. The van der Waals surface area contributed by atoms with Gasteiger partial charge in [-0.25, -0.2) is 4.79 Å². The van der Waals surface area contributed by atoms with Gasteiger partial charge < -0.3 is 5.11 Å². The number of benzene rings is 1. The summed E-state index contributed by atoms with van der Waals surface area (Å²) >= 11 is 1.61. The molecule has 0 unspecified atom stereocenters. The quantitative estimate of drug-likeness (QED) is 0.779. The summed E-state index contributed by atoms with van der Waals surface area (Å²) in [7, 11) is 0. The van der Waals surface area contributed by atoms with E-state index in [0.717, 1.165) is 22.4 Å². The number of aryl methyl sites for hydroxylation is 1. The first-order valence-corrected chi connectivity index (χ1v) is 5.74. The number of hydrogen-bond donors (Lipinski definition) is 1. The Morgan fingerprint density at radius 2 is 2.14 bits per heavy atom. The van der Waals surface area contributed by atoms with Crippen LogP contribution in [0.15, 0.2) is 17.0 Å². The summed E-state index contributed by atoms with van der Waals surface area (Å²) in [5.74, 6) is -0.836. The number of thioether (sulfide) groups is 1. The summed E-state index contributed by atoms with van der Waals surface area (Å²) < 4.78 is 0. The average Bonchev–Trinajstić information content (AvgIpc) is 2.16. The maximum atomic E-state index is 11.0. The third-order valence-electron chi connectivity index (χ3n) is 2.25. The van der Waals surface area contributed by atoms with Gasteiger partial charge in [0.2, 0.25) is 0 Å². The molecule has 1 aromatic carbocycles. The van der Waals surface area contributed by atoms with Gasteiger partial charge in [-0.1, -0.05) is 13.0 Å². The zero-order valence-electron chi connectivity index (χ0n) is 8.63. The first-order valence-electron chi connectivity index (χ1n) is 4.51. The number of aromatic carboxylic acids is 1. The van der Waals surface area contributed by atoms with Crippen LogP contribution in [-0.2, 0) is 6.42 Å². The third-order valence-corrected chi connectivity index (χ3v) is 3.22. The number of carboxylic acid groups (broad SMARTS) is 1. The zero-order valence-corrected chi connectivity index (χ0v) is 9.44. The molecule has 0 atom stereocenters.